The summed E-state index contributed by atoms with van der Waals surface area (Å²) >= 11 is 0. The van der Waals surface area contributed by atoms with Crippen LogP contribution in [0.15, 0.2) is 47.4 Å². The molecule has 0 aliphatic rings. The van der Waals surface area contributed by atoms with Gasteiger partial charge in [-0.15, -0.1) is 0 Å². The molecule has 41 heavy (non-hydrogen) atoms. The van der Waals surface area contributed by atoms with Crippen LogP contribution in [-0.4, -0.2) is 38.1 Å². The van der Waals surface area contributed by atoms with Crippen molar-refractivity contribution < 1.29 is 61.6 Å². The number of hydrogen-bond donors (Lipinski definition) is 0. The molecule has 7 nitrogen and oxygen atoms in total. The monoisotopic (exact) mass is 600 g/mol. The summed E-state index contributed by atoms with van der Waals surface area (Å²) in [5.74, 6) is -1.87. The van der Waals surface area contributed by atoms with Gasteiger partial charge in [0.2, 0.25) is 0 Å². The first-order chi connectivity index (χ1) is 19.3. The van der Waals surface area contributed by atoms with Gasteiger partial charge in [0.25, 0.3) is 0 Å². The molecule has 0 aliphatic heterocycles. The molecule has 226 valence electrons. The largest absolute Gasteiger partial charge is 1.00 e. The topological polar surface area (TPSA) is 110 Å². The van der Waals surface area contributed by atoms with Crippen molar-refractivity contribution in [1.29, 1.82) is 0 Å². The number of carbonyl (C=O) groups is 2. The fourth-order valence-electron chi connectivity index (χ4n) is 4.18. The second kappa shape index (κ2) is 25.1. The number of ether oxygens (including phenoxy) is 2. The van der Waals surface area contributed by atoms with Crippen molar-refractivity contribution in [3.8, 4) is 0 Å². The van der Waals surface area contributed by atoms with E-state index in [4.69, 9.17) is 9.47 Å². The van der Waals surface area contributed by atoms with Gasteiger partial charge in [0.15, 0.2) is 0 Å². The summed E-state index contributed by atoms with van der Waals surface area (Å²) in [6, 6.07) is 3.54. The zero-order valence-electron chi connectivity index (χ0n) is 25.5. The number of allylic oxidation sites excluding steroid dienone is 4. The third-order valence-corrected chi connectivity index (χ3v) is 7.38. The molecule has 1 rings (SSSR count). The van der Waals surface area contributed by atoms with Crippen molar-refractivity contribution >= 4 is 22.1 Å². The van der Waals surface area contributed by atoms with Gasteiger partial charge in [-0.05, 0) is 76.3 Å². The van der Waals surface area contributed by atoms with Crippen molar-refractivity contribution in [3.63, 3.8) is 0 Å². The zero-order valence-corrected chi connectivity index (χ0v) is 28.4. The van der Waals surface area contributed by atoms with Crippen LogP contribution in [0.4, 0.5) is 0 Å². The van der Waals surface area contributed by atoms with Crippen LogP contribution in [0.1, 0.15) is 137 Å². The van der Waals surface area contributed by atoms with E-state index in [9.17, 15) is 22.6 Å². The van der Waals surface area contributed by atoms with E-state index < -0.39 is 32.5 Å². The van der Waals surface area contributed by atoms with E-state index >= 15 is 0 Å². The van der Waals surface area contributed by atoms with E-state index in [-0.39, 0.29) is 48.3 Å². The standard InChI is InChI=1S/C32H50O7S.Na/c1-3-5-7-9-11-13-15-17-19-21-26-38-31(33)28-24-23-25-29(40(35,36)37)30(28)32(34)39-27-22-20-18-16-14-12-10-8-6-4-2;/h13-16,23-25H,3-12,17-22,26-27H2,1-2H3,(H,35,36,37);/q;+1/p-1/b15-13+,16-14+;. The zero-order chi connectivity index (χ0) is 29.5. The Balaban J connectivity index is 0.0000160. The molecule has 0 spiro atoms. The van der Waals surface area contributed by atoms with E-state index in [1.807, 2.05) is 0 Å². The van der Waals surface area contributed by atoms with Crippen LogP contribution >= 0.6 is 0 Å². The Kier molecular flexibility index (Phi) is 24.2. The number of benzene rings is 1. The van der Waals surface area contributed by atoms with Gasteiger partial charge >= 0.3 is 41.5 Å². The van der Waals surface area contributed by atoms with Crippen LogP contribution in [0.5, 0.6) is 0 Å². The molecule has 1 aromatic carbocycles. The normalized spacial score (nSPS) is 11.6. The van der Waals surface area contributed by atoms with Crippen molar-refractivity contribution in [1.82, 2.24) is 0 Å². The minimum absolute atomic E-state index is 0. The quantitative estimate of drug-likeness (QED) is 0.0551. The van der Waals surface area contributed by atoms with Crippen LogP contribution in [0.25, 0.3) is 0 Å². The maximum Gasteiger partial charge on any atom is 1.00 e. The summed E-state index contributed by atoms with van der Waals surface area (Å²) in [5.41, 5.74) is -0.833. The summed E-state index contributed by atoms with van der Waals surface area (Å²) in [4.78, 5) is 24.7. The van der Waals surface area contributed by atoms with Gasteiger partial charge in [0, 0.05) is 0 Å². The number of hydrogen-bond acceptors (Lipinski definition) is 7. The third kappa shape index (κ3) is 18.6. The molecule has 0 N–H and O–H groups in total. The summed E-state index contributed by atoms with van der Waals surface area (Å²) in [6.07, 6.45) is 25.1. The van der Waals surface area contributed by atoms with Gasteiger partial charge in [-0.3, -0.25) is 0 Å². The maximum atomic E-state index is 12.8. The van der Waals surface area contributed by atoms with Crippen molar-refractivity contribution in [2.75, 3.05) is 13.2 Å². The van der Waals surface area contributed by atoms with Crippen molar-refractivity contribution in [2.45, 2.75) is 121 Å². The smallest absolute Gasteiger partial charge is 0.744 e. The van der Waals surface area contributed by atoms with Crippen molar-refractivity contribution in [2.24, 2.45) is 0 Å². The molecule has 0 atom stereocenters. The molecular weight excluding hydrogens is 551 g/mol. The first-order valence-electron chi connectivity index (χ1n) is 15.1. The van der Waals surface area contributed by atoms with Gasteiger partial charge in [0.1, 0.15) is 10.1 Å². The van der Waals surface area contributed by atoms with Gasteiger partial charge in [-0.2, -0.15) is 0 Å². The average Bonchev–Trinajstić information content (AvgIpc) is 2.93. The Bertz CT molecular complexity index is 1020. The Morgan fingerprint density at radius 1 is 0.683 bits per heavy atom. The van der Waals surface area contributed by atoms with Gasteiger partial charge in [0.05, 0.1) is 29.2 Å². The molecule has 0 bridgehead atoms. The van der Waals surface area contributed by atoms with E-state index in [1.54, 1.807) is 0 Å². The molecule has 0 fully saturated rings. The Labute approximate surface area is 270 Å². The molecule has 0 radical (unpaired) electrons. The molecule has 0 unspecified atom stereocenters. The minimum atomic E-state index is -5.01. The van der Waals surface area contributed by atoms with Crippen LogP contribution in [0.2, 0.25) is 0 Å². The number of unbranched alkanes of at least 4 members (excludes halogenated alkanes) is 12. The summed E-state index contributed by atoms with van der Waals surface area (Å²) in [7, 11) is -5.01. The number of rotatable bonds is 23. The van der Waals surface area contributed by atoms with E-state index in [0.717, 1.165) is 44.6 Å². The van der Waals surface area contributed by atoms with Gasteiger partial charge < -0.3 is 14.0 Å². The van der Waals surface area contributed by atoms with Crippen LogP contribution < -0.4 is 29.6 Å². The molecule has 0 saturated carbocycles. The summed E-state index contributed by atoms with van der Waals surface area (Å²) < 4.78 is 46.0. The summed E-state index contributed by atoms with van der Waals surface area (Å²) in [5, 5.41) is 0. The fourth-order valence-corrected chi connectivity index (χ4v) is 4.87. The van der Waals surface area contributed by atoms with Gasteiger partial charge in [-0.25, -0.2) is 18.0 Å². The number of carbonyl (C=O) groups excluding carboxylic acids is 2. The first kappa shape index (κ1) is 39.5. The molecule has 0 amide bonds. The maximum absolute atomic E-state index is 12.8. The van der Waals surface area contributed by atoms with E-state index in [0.29, 0.717) is 12.8 Å². The third-order valence-electron chi connectivity index (χ3n) is 6.50. The molecule has 0 saturated heterocycles. The molecular formula is C32H49NaO7S. The van der Waals surface area contributed by atoms with Gasteiger partial charge in [-0.1, -0.05) is 82.7 Å². The molecule has 0 heterocycles. The number of esters is 2. The molecule has 9 heteroatoms. The summed E-state index contributed by atoms with van der Waals surface area (Å²) in [6.45, 7) is 4.55. The molecule has 1 aromatic rings. The molecule has 0 aromatic heterocycles. The average molecular weight is 601 g/mol. The van der Waals surface area contributed by atoms with Crippen molar-refractivity contribution in [3.05, 3.63) is 53.6 Å². The van der Waals surface area contributed by atoms with E-state index in [2.05, 4.69) is 38.2 Å². The Morgan fingerprint density at radius 3 is 1.56 bits per heavy atom. The Hall–Kier alpha value is -1.45. The second-order valence-corrected chi connectivity index (χ2v) is 11.4. The Morgan fingerprint density at radius 2 is 1.12 bits per heavy atom. The predicted octanol–water partition coefficient (Wildman–Crippen LogP) is 5.30. The van der Waals surface area contributed by atoms with Crippen LogP contribution in [0.3, 0.4) is 0 Å². The predicted molar refractivity (Wildman–Crippen MR) is 158 cm³/mol. The van der Waals surface area contributed by atoms with E-state index in [1.165, 1.54) is 63.5 Å². The van der Waals surface area contributed by atoms with Crippen LogP contribution in [-0.2, 0) is 19.6 Å². The van der Waals surface area contributed by atoms with Crippen LogP contribution in [0, 0.1) is 0 Å². The fraction of sp³-hybridized carbons (Fsp3) is 0.625. The SMILES string of the molecule is CCCCCC/C=C/CCCCOC(=O)c1cccc(S(=O)(=O)[O-])c1C(=O)OCCCC/C=C/CCCCCC.[Na+]. The first-order valence-corrected chi connectivity index (χ1v) is 16.5. The second-order valence-electron chi connectivity index (χ2n) is 10.0. The molecule has 0 aliphatic carbocycles. The minimum Gasteiger partial charge on any atom is -0.744 e.